The Morgan fingerprint density at radius 3 is 2.45 bits per heavy atom. The highest BCUT2D eigenvalue weighted by molar-refractivity contribution is 6.03. The van der Waals surface area contributed by atoms with Crippen LogP contribution in [-0.4, -0.2) is 69.5 Å². The van der Waals surface area contributed by atoms with E-state index in [2.05, 4.69) is 20.3 Å². The highest BCUT2D eigenvalue weighted by Crippen LogP contribution is 2.20. The number of pyridine rings is 1. The molecule has 2 aliphatic heterocycles. The Labute approximate surface area is 222 Å². The molecule has 0 bridgehead atoms. The van der Waals surface area contributed by atoms with E-state index in [1.807, 2.05) is 30.3 Å². The first-order valence-corrected chi connectivity index (χ1v) is 13.3. The van der Waals surface area contributed by atoms with Gasteiger partial charge < -0.3 is 19.8 Å². The summed E-state index contributed by atoms with van der Waals surface area (Å²) in [5.41, 5.74) is 1.78. The molecule has 200 valence electrons. The summed E-state index contributed by atoms with van der Waals surface area (Å²) in [5, 5.41) is 6.83. The second kappa shape index (κ2) is 12.6. The smallest absolute Gasteiger partial charge is 0.409 e. The van der Waals surface area contributed by atoms with Crippen LogP contribution in [0.1, 0.15) is 48.0 Å². The zero-order chi connectivity index (χ0) is 26.2. The highest BCUT2D eigenvalue weighted by atomic mass is 16.7. The number of anilines is 1. The summed E-state index contributed by atoms with van der Waals surface area (Å²) in [7, 11) is 0. The number of rotatable bonds is 8. The van der Waals surface area contributed by atoms with Crippen LogP contribution in [0.2, 0.25) is 0 Å². The Balaban J connectivity index is 1.05. The third-order valence-electron chi connectivity index (χ3n) is 7.05. The third kappa shape index (κ3) is 7.10. The van der Waals surface area contributed by atoms with Crippen molar-refractivity contribution in [1.29, 1.82) is 0 Å². The number of hydrogen-bond acceptors (Lipinski definition) is 7. The molecule has 10 nitrogen and oxygen atoms in total. The molecule has 38 heavy (non-hydrogen) atoms. The lowest BCUT2D eigenvalue weighted by atomic mass is 9.98. The molecule has 10 heteroatoms. The molecule has 0 radical (unpaired) electrons. The van der Waals surface area contributed by atoms with Crippen molar-refractivity contribution >= 4 is 17.8 Å². The van der Waals surface area contributed by atoms with Crippen molar-refractivity contribution in [1.82, 2.24) is 24.7 Å². The number of nitrogens with one attached hydrogen (secondary N) is 1. The molecule has 5 rings (SSSR count). The van der Waals surface area contributed by atoms with E-state index in [4.69, 9.17) is 9.57 Å². The molecule has 0 aliphatic carbocycles. The van der Waals surface area contributed by atoms with E-state index < -0.39 is 6.09 Å². The van der Waals surface area contributed by atoms with Crippen LogP contribution < -0.4 is 14.9 Å². The van der Waals surface area contributed by atoms with Crippen LogP contribution in [0.25, 0.3) is 0 Å². The molecule has 1 aromatic carbocycles. The lowest BCUT2D eigenvalue weighted by Crippen LogP contribution is -2.41. The Bertz CT molecular complexity index is 1170. The molecular formula is C28H34N6O4. The van der Waals surface area contributed by atoms with E-state index in [9.17, 15) is 9.59 Å². The van der Waals surface area contributed by atoms with Crippen LogP contribution in [0.15, 0.2) is 61.1 Å². The first kappa shape index (κ1) is 25.7. The molecular weight excluding hydrogens is 484 g/mol. The van der Waals surface area contributed by atoms with Crippen molar-refractivity contribution in [3.8, 4) is 5.75 Å². The first-order valence-electron chi connectivity index (χ1n) is 13.3. The molecule has 2 fully saturated rings. The Kier molecular flexibility index (Phi) is 8.49. The number of carbonyl (C=O) groups is 2. The highest BCUT2D eigenvalue weighted by Gasteiger charge is 2.25. The minimum absolute atomic E-state index is 0.230. The van der Waals surface area contributed by atoms with Crippen LogP contribution in [0, 0.1) is 5.92 Å². The fourth-order valence-corrected chi connectivity index (χ4v) is 4.80. The molecule has 3 aromatic rings. The number of carbonyl (C=O) groups excluding carboxylic acids is 2. The minimum Gasteiger partial charge on any atom is -0.409 e. The van der Waals surface area contributed by atoms with Gasteiger partial charge in [0, 0.05) is 25.2 Å². The van der Waals surface area contributed by atoms with Crippen LogP contribution in [0.5, 0.6) is 5.75 Å². The summed E-state index contributed by atoms with van der Waals surface area (Å²) in [6.45, 7) is 4.96. The van der Waals surface area contributed by atoms with Gasteiger partial charge in [-0.3, -0.25) is 9.69 Å². The largest absolute Gasteiger partial charge is 0.415 e. The van der Waals surface area contributed by atoms with Crippen LogP contribution in [0.3, 0.4) is 0 Å². The zero-order valence-corrected chi connectivity index (χ0v) is 21.5. The van der Waals surface area contributed by atoms with Gasteiger partial charge in [-0.15, -0.1) is 9.94 Å². The molecule has 0 spiro atoms. The van der Waals surface area contributed by atoms with Gasteiger partial charge in [0.05, 0.1) is 18.6 Å². The quantitative estimate of drug-likeness (QED) is 0.483. The van der Waals surface area contributed by atoms with E-state index in [0.29, 0.717) is 42.7 Å². The number of amides is 2. The number of nitrogens with zero attached hydrogens (tertiary/aromatic N) is 5. The van der Waals surface area contributed by atoms with Gasteiger partial charge >= 0.3 is 6.09 Å². The number of likely N-dealkylation sites (tertiary alicyclic amines) is 2. The molecule has 0 unspecified atom stereocenters. The van der Waals surface area contributed by atoms with Crippen LogP contribution in [0.4, 0.5) is 10.6 Å². The summed E-state index contributed by atoms with van der Waals surface area (Å²) in [6, 6.07) is 12.8. The number of piperidine rings is 2. The van der Waals surface area contributed by atoms with E-state index >= 15 is 0 Å². The molecule has 0 saturated carbocycles. The summed E-state index contributed by atoms with van der Waals surface area (Å²) in [5.74, 6) is 0.856. The summed E-state index contributed by atoms with van der Waals surface area (Å²) < 4.78 is 5.49. The van der Waals surface area contributed by atoms with E-state index in [1.54, 1.807) is 29.4 Å². The number of hydrogen-bond donors (Lipinski definition) is 1. The maximum absolute atomic E-state index is 12.7. The normalized spacial score (nSPS) is 16.7. The molecule has 2 saturated heterocycles. The first-order chi connectivity index (χ1) is 18.6. The fraction of sp³-hybridized carbons (Fsp3) is 0.429. The lowest BCUT2D eigenvalue weighted by molar-refractivity contribution is 0.0366. The van der Waals surface area contributed by atoms with Gasteiger partial charge in [0.1, 0.15) is 12.4 Å². The summed E-state index contributed by atoms with van der Waals surface area (Å²) in [6.07, 6.45) is 9.96. The van der Waals surface area contributed by atoms with Gasteiger partial charge in [0.2, 0.25) is 0 Å². The predicted octanol–water partition coefficient (Wildman–Crippen LogP) is 3.86. The Morgan fingerprint density at radius 1 is 0.974 bits per heavy atom. The second-order valence-corrected chi connectivity index (χ2v) is 9.87. The molecule has 1 N–H and O–H groups in total. The maximum Gasteiger partial charge on any atom is 0.415 e. The zero-order valence-electron chi connectivity index (χ0n) is 21.5. The van der Waals surface area contributed by atoms with Crippen LogP contribution >= 0.6 is 0 Å². The molecule has 2 aliphatic rings. The fourth-order valence-electron chi connectivity index (χ4n) is 4.80. The average molecular weight is 519 g/mol. The van der Waals surface area contributed by atoms with Crippen molar-refractivity contribution in [3.63, 3.8) is 0 Å². The SMILES string of the molecule is O=C(Nc1ccc(OC(=O)N2CCC(COn3cccn3)CC2)cn1)c1ccc(CN2CCCCC2)cc1. The standard InChI is InChI=1S/C28H34N6O4/c35-27(24-7-5-22(6-8-24)20-32-14-2-1-3-15-32)31-26-10-9-25(19-29-26)38-28(36)33-17-11-23(12-18-33)21-37-34-16-4-13-30-34/h4-10,13,16,19,23H,1-3,11-12,14-15,17-18,20-21H2,(H,29,31,35). The van der Waals surface area contributed by atoms with E-state index in [1.165, 1.54) is 35.9 Å². The molecule has 4 heterocycles. The van der Waals surface area contributed by atoms with Crippen molar-refractivity contribution in [2.45, 2.75) is 38.6 Å². The summed E-state index contributed by atoms with van der Waals surface area (Å²) >= 11 is 0. The van der Waals surface area contributed by atoms with Crippen LogP contribution in [-0.2, 0) is 6.54 Å². The van der Waals surface area contributed by atoms with Crippen molar-refractivity contribution in [2.75, 3.05) is 38.1 Å². The molecule has 2 amide bonds. The predicted molar refractivity (Wildman–Crippen MR) is 142 cm³/mol. The number of aromatic nitrogens is 3. The van der Waals surface area contributed by atoms with Gasteiger partial charge in [-0.1, -0.05) is 18.6 Å². The van der Waals surface area contributed by atoms with E-state index in [-0.39, 0.29) is 5.91 Å². The van der Waals surface area contributed by atoms with Crippen molar-refractivity contribution in [2.24, 2.45) is 5.92 Å². The molecule has 0 atom stereocenters. The lowest BCUT2D eigenvalue weighted by Gasteiger charge is -2.30. The second-order valence-electron chi connectivity index (χ2n) is 9.87. The van der Waals surface area contributed by atoms with Gasteiger partial charge in [-0.25, -0.2) is 9.78 Å². The van der Waals surface area contributed by atoms with Gasteiger partial charge in [0.25, 0.3) is 5.91 Å². The average Bonchev–Trinajstić information content (AvgIpc) is 3.48. The van der Waals surface area contributed by atoms with Crippen molar-refractivity contribution in [3.05, 3.63) is 72.2 Å². The summed E-state index contributed by atoms with van der Waals surface area (Å²) in [4.78, 5) is 40.7. The Morgan fingerprint density at radius 2 is 1.76 bits per heavy atom. The van der Waals surface area contributed by atoms with Gasteiger partial charge in [-0.05, 0) is 80.6 Å². The maximum atomic E-state index is 12.7. The van der Waals surface area contributed by atoms with E-state index in [0.717, 1.165) is 32.5 Å². The molecule has 2 aromatic heterocycles. The number of benzene rings is 1. The van der Waals surface area contributed by atoms with Crippen molar-refractivity contribution < 1.29 is 19.2 Å². The third-order valence-corrected chi connectivity index (χ3v) is 7.05. The Hall–Kier alpha value is -3.92. The monoisotopic (exact) mass is 518 g/mol. The van der Waals surface area contributed by atoms with Gasteiger partial charge in [0.15, 0.2) is 5.75 Å². The van der Waals surface area contributed by atoms with Gasteiger partial charge in [-0.2, -0.15) is 0 Å². The minimum atomic E-state index is -0.403. The topological polar surface area (TPSA) is 102 Å². The number of ether oxygens (including phenoxy) is 1.